The monoisotopic (exact) mass is 408 g/mol. The minimum absolute atomic E-state index is 0.0384. The Hall–Kier alpha value is -3.61. The van der Waals surface area contributed by atoms with E-state index >= 15 is 0 Å². The highest BCUT2D eigenvalue weighted by molar-refractivity contribution is 6.09. The van der Waals surface area contributed by atoms with Gasteiger partial charge in [-0.2, -0.15) is 0 Å². The van der Waals surface area contributed by atoms with Gasteiger partial charge in [0.15, 0.2) is 5.78 Å². The maximum atomic E-state index is 12.9. The Balaban J connectivity index is 1.94. The molecule has 2 aromatic carbocycles. The second-order valence-corrected chi connectivity index (χ2v) is 7.36. The van der Waals surface area contributed by atoms with Crippen LogP contribution < -0.4 is 14.8 Å². The molecule has 0 amide bonds. The molecule has 0 atom stereocenters. The van der Waals surface area contributed by atoms with Crippen molar-refractivity contribution in [1.29, 1.82) is 0 Å². The molecule has 0 aromatic heterocycles. The highest BCUT2D eigenvalue weighted by atomic mass is 16.6. The number of ketones is 1. The number of nitrogens with zero attached hydrogens (tertiary/aromatic N) is 1. The van der Waals surface area contributed by atoms with Crippen LogP contribution in [-0.2, 0) is 0 Å². The molecule has 1 N–H and O–H groups in total. The second-order valence-electron chi connectivity index (χ2n) is 7.36. The zero-order valence-electron chi connectivity index (χ0n) is 17.4. The van der Waals surface area contributed by atoms with Crippen LogP contribution in [0.4, 0.5) is 11.4 Å². The Morgan fingerprint density at radius 1 is 1.30 bits per heavy atom. The number of fused-ring (bicyclic) bond motifs is 1. The molecule has 0 bridgehead atoms. The van der Waals surface area contributed by atoms with Gasteiger partial charge >= 0.3 is 0 Å². The first kappa shape index (κ1) is 21.1. The van der Waals surface area contributed by atoms with Crippen molar-refractivity contribution in [1.82, 2.24) is 0 Å². The van der Waals surface area contributed by atoms with Gasteiger partial charge in [0.25, 0.3) is 5.69 Å². The van der Waals surface area contributed by atoms with Crippen molar-refractivity contribution in [3.8, 4) is 11.5 Å². The summed E-state index contributed by atoms with van der Waals surface area (Å²) in [6, 6.07) is 8.18. The van der Waals surface area contributed by atoms with Crippen LogP contribution in [0, 0.1) is 10.1 Å². The fraction of sp³-hybridized carbons (Fsp3) is 0.261. The molecule has 1 aliphatic heterocycles. The van der Waals surface area contributed by atoms with Crippen LogP contribution in [0.15, 0.2) is 42.5 Å². The van der Waals surface area contributed by atoms with E-state index in [1.807, 2.05) is 32.9 Å². The summed E-state index contributed by atoms with van der Waals surface area (Å²) in [7, 11) is 1.56. The molecule has 7 nitrogen and oxygen atoms in total. The third-order valence-electron chi connectivity index (χ3n) is 4.67. The molecule has 7 heteroatoms. The molecule has 2 aromatic rings. The molecule has 30 heavy (non-hydrogen) atoms. The topological polar surface area (TPSA) is 90.7 Å². The van der Waals surface area contributed by atoms with Gasteiger partial charge in [-0.25, -0.2) is 0 Å². The molecule has 0 fully saturated rings. The first-order valence-electron chi connectivity index (χ1n) is 9.59. The molecule has 0 spiro atoms. The summed E-state index contributed by atoms with van der Waals surface area (Å²) in [4.78, 5) is 23.8. The Bertz CT molecular complexity index is 1050. The summed E-state index contributed by atoms with van der Waals surface area (Å²) >= 11 is 0. The lowest BCUT2D eigenvalue weighted by atomic mass is 9.97. The second kappa shape index (κ2) is 8.41. The minimum Gasteiger partial charge on any atom is -0.496 e. The highest BCUT2D eigenvalue weighted by Gasteiger charge is 2.27. The van der Waals surface area contributed by atoms with Crippen LogP contribution in [0.1, 0.15) is 42.3 Å². The largest absolute Gasteiger partial charge is 0.496 e. The van der Waals surface area contributed by atoms with Crippen LogP contribution in [0.5, 0.6) is 11.5 Å². The Kier molecular flexibility index (Phi) is 5.91. The van der Waals surface area contributed by atoms with Crippen LogP contribution in [0.2, 0.25) is 0 Å². The molecule has 0 saturated heterocycles. The van der Waals surface area contributed by atoms with E-state index in [1.54, 1.807) is 37.5 Å². The Morgan fingerprint density at radius 3 is 2.73 bits per heavy atom. The number of nitrogens with one attached hydrogen (secondary N) is 1. The number of nitro groups is 1. The predicted octanol–water partition coefficient (Wildman–Crippen LogP) is 5.12. The number of nitro benzene ring substituents is 1. The average molecular weight is 408 g/mol. The lowest BCUT2D eigenvalue weighted by Gasteiger charge is -2.29. The molecule has 0 saturated carbocycles. The predicted molar refractivity (Wildman–Crippen MR) is 117 cm³/mol. The van der Waals surface area contributed by atoms with Crippen molar-refractivity contribution in [3.05, 3.63) is 69.3 Å². The van der Waals surface area contributed by atoms with E-state index in [2.05, 4.69) is 5.32 Å². The zero-order valence-corrected chi connectivity index (χ0v) is 17.4. The first-order valence-corrected chi connectivity index (χ1v) is 9.59. The maximum absolute atomic E-state index is 12.9. The average Bonchev–Trinajstić information content (AvgIpc) is 2.71. The quantitative estimate of drug-likeness (QED) is 0.296. The van der Waals surface area contributed by atoms with Gasteiger partial charge in [-0.1, -0.05) is 12.1 Å². The zero-order chi connectivity index (χ0) is 21.9. The molecule has 156 valence electrons. The summed E-state index contributed by atoms with van der Waals surface area (Å²) in [5.74, 6) is 0.815. The fourth-order valence-corrected chi connectivity index (χ4v) is 3.21. The third-order valence-corrected chi connectivity index (χ3v) is 4.67. The lowest BCUT2D eigenvalue weighted by molar-refractivity contribution is -0.384. The van der Waals surface area contributed by atoms with Gasteiger partial charge in [-0.3, -0.25) is 14.9 Å². The van der Waals surface area contributed by atoms with E-state index in [-0.39, 0.29) is 11.5 Å². The van der Waals surface area contributed by atoms with Crippen molar-refractivity contribution in [2.75, 3.05) is 19.0 Å². The molecule has 3 rings (SSSR count). The van der Waals surface area contributed by atoms with Crippen LogP contribution in [-0.4, -0.2) is 30.0 Å². The SMILES string of the molecule is CCNc1ccc(/C=C/C(=O)c2ccc(OC)c3c2OC(C)(C)C=C3)cc1[N+](=O)[O-]. The molecule has 0 aliphatic carbocycles. The normalized spacial score (nSPS) is 14.1. The number of carbonyl (C=O) groups excluding carboxylic acids is 1. The van der Waals surface area contributed by atoms with Crippen molar-refractivity contribution in [2.45, 2.75) is 26.4 Å². The summed E-state index contributed by atoms with van der Waals surface area (Å²) in [5, 5.41) is 14.3. The van der Waals surface area contributed by atoms with Gasteiger partial charge < -0.3 is 14.8 Å². The van der Waals surface area contributed by atoms with Gasteiger partial charge in [0, 0.05) is 12.6 Å². The standard InChI is InChI=1S/C23H24N2O5/c1-5-24-18-9-6-15(14-19(18)25(27)28)7-10-20(26)16-8-11-21(29-4)17-12-13-23(2,3)30-22(16)17/h6-14,24H,5H2,1-4H3/b10-7+. The number of methoxy groups -OCH3 is 1. The number of hydrogen-bond acceptors (Lipinski definition) is 6. The van der Waals surface area contributed by atoms with Gasteiger partial charge in [0.1, 0.15) is 22.8 Å². The van der Waals surface area contributed by atoms with E-state index in [0.29, 0.717) is 40.4 Å². The van der Waals surface area contributed by atoms with E-state index in [9.17, 15) is 14.9 Å². The lowest BCUT2D eigenvalue weighted by Crippen LogP contribution is -2.28. The molecular formula is C23H24N2O5. The highest BCUT2D eigenvalue weighted by Crippen LogP contribution is 2.40. The smallest absolute Gasteiger partial charge is 0.292 e. The summed E-state index contributed by atoms with van der Waals surface area (Å²) in [6.45, 7) is 6.24. The number of benzene rings is 2. The van der Waals surface area contributed by atoms with Crippen molar-refractivity contribution in [3.63, 3.8) is 0 Å². The van der Waals surface area contributed by atoms with Crippen molar-refractivity contribution < 1.29 is 19.2 Å². The van der Waals surface area contributed by atoms with Gasteiger partial charge in [-0.05, 0) is 62.8 Å². The number of ether oxygens (including phenoxy) is 2. The summed E-state index contributed by atoms with van der Waals surface area (Å²) < 4.78 is 11.4. The number of anilines is 1. The van der Waals surface area contributed by atoms with Gasteiger partial charge in [0.2, 0.25) is 0 Å². The van der Waals surface area contributed by atoms with E-state index in [4.69, 9.17) is 9.47 Å². The van der Waals surface area contributed by atoms with Crippen molar-refractivity contribution >= 4 is 29.3 Å². The van der Waals surface area contributed by atoms with Gasteiger partial charge in [-0.15, -0.1) is 0 Å². The molecular weight excluding hydrogens is 384 g/mol. The summed E-state index contributed by atoms with van der Waals surface area (Å²) in [6.07, 6.45) is 6.75. The van der Waals surface area contributed by atoms with Crippen LogP contribution >= 0.6 is 0 Å². The number of rotatable bonds is 7. The molecule has 0 unspecified atom stereocenters. The Labute approximate surface area is 175 Å². The number of hydrogen-bond donors (Lipinski definition) is 1. The van der Waals surface area contributed by atoms with Gasteiger partial charge in [0.05, 0.1) is 23.2 Å². The molecule has 0 radical (unpaired) electrons. The minimum atomic E-state index is -0.555. The molecule has 1 aliphatic rings. The van der Waals surface area contributed by atoms with E-state index < -0.39 is 10.5 Å². The Morgan fingerprint density at radius 2 is 2.07 bits per heavy atom. The number of allylic oxidation sites excluding steroid dienone is 1. The van der Waals surface area contributed by atoms with E-state index in [0.717, 1.165) is 0 Å². The van der Waals surface area contributed by atoms with E-state index in [1.165, 1.54) is 12.1 Å². The van der Waals surface area contributed by atoms with Crippen LogP contribution in [0.3, 0.4) is 0 Å². The van der Waals surface area contributed by atoms with Crippen molar-refractivity contribution in [2.24, 2.45) is 0 Å². The first-order chi connectivity index (χ1) is 14.3. The van der Waals surface area contributed by atoms with Crippen LogP contribution in [0.25, 0.3) is 12.2 Å². The maximum Gasteiger partial charge on any atom is 0.292 e. The third kappa shape index (κ3) is 4.35. The fourth-order valence-electron chi connectivity index (χ4n) is 3.21. The summed E-state index contributed by atoms with van der Waals surface area (Å²) in [5.41, 5.74) is 1.52. The number of carbonyl (C=O) groups is 1. The molecule has 1 heterocycles.